The van der Waals surface area contributed by atoms with Crippen LogP contribution < -0.4 is 9.64 Å². The normalized spacial score (nSPS) is 10.6. The van der Waals surface area contributed by atoms with Gasteiger partial charge < -0.3 is 9.30 Å². The smallest absolute Gasteiger partial charge is 0.233 e. The SMILES string of the molecule is COc1cccc2sc(N(CCCn3ccnc3)C(=O)Cc3ccc(F)cc3)nc12.Cl. The van der Waals surface area contributed by atoms with E-state index < -0.39 is 0 Å². The number of para-hydroxylation sites is 1. The van der Waals surface area contributed by atoms with Crippen LogP contribution in [0.2, 0.25) is 0 Å². The van der Waals surface area contributed by atoms with Crippen LogP contribution in [0.5, 0.6) is 5.75 Å². The Morgan fingerprint density at radius 1 is 1.23 bits per heavy atom. The molecule has 0 aliphatic heterocycles. The maximum Gasteiger partial charge on any atom is 0.233 e. The molecule has 31 heavy (non-hydrogen) atoms. The second-order valence-electron chi connectivity index (χ2n) is 6.81. The molecule has 4 aromatic rings. The summed E-state index contributed by atoms with van der Waals surface area (Å²) in [7, 11) is 1.61. The van der Waals surface area contributed by atoms with E-state index in [1.165, 1.54) is 23.5 Å². The summed E-state index contributed by atoms with van der Waals surface area (Å²) in [6.07, 6.45) is 6.31. The van der Waals surface area contributed by atoms with Gasteiger partial charge in [0.2, 0.25) is 5.91 Å². The first kappa shape index (κ1) is 22.7. The molecule has 0 aliphatic carbocycles. The Morgan fingerprint density at radius 3 is 2.74 bits per heavy atom. The van der Waals surface area contributed by atoms with Gasteiger partial charge in [-0.1, -0.05) is 29.5 Å². The van der Waals surface area contributed by atoms with Crippen molar-refractivity contribution in [2.45, 2.75) is 19.4 Å². The van der Waals surface area contributed by atoms with E-state index in [4.69, 9.17) is 9.72 Å². The second kappa shape index (κ2) is 10.4. The third kappa shape index (κ3) is 5.39. The summed E-state index contributed by atoms with van der Waals surface area (Å²) in [4.78, 5) is 23.6. The highest BCUT2D eigenvalue weighted by atomic mass is 35.5. The highest BCUT2D eigenvalue weighted by molar-refractivity contribution is 7.22. The molecule has 0 spiro atoms. The van der Waals surface area contributed by atoms with E-state index >= 15 is 0 Å². The van der Waals surface area contributed by atoms with E-state index in [0.717, 1.165) is 28.7 Å². The Hall–Kier alpha value is -2.97. The van der Waals surface area contributed by atoms with E-state index in [1.807, 2.05) is 29.0 Å². The van der Waals surface area contributed by atoms with Crippen molar-refractivity contribution in [3.63, 3.8) is 0 Å². The average Bonchev–Trinajstić information content (AvgIpc) is 3.42. The van der Waals surface area contributed by atoms with Gasteiger partial charge in [-0.3, -0.25) is 9.69 Å². The number of aromatic nitrogens is 3. The number of hydrogen-bond donors (Lipinski definition) is 0. The van der Waals surface area contributed by atoms with Gasteiger partial charge in [-0.25, -0.2) is 14.4 Å². The minimum atomic E-state index is -0.318. The molecule has 0 bridgehead atoms. The fourth-order valence-electron chi connectivity index (χ4n) is 3.22. The first-order chi connectivity index (χ1) is 14.6. The number of nitrogens with zero attached hydrogens (tertiary/aromatic N) is 4. The summed E-state index contributed by atoms with van der Waals surface area (Å²) in [6, 6.07) is 11.7. The molecule has 9 heteroatoms. The van der Waals surface area contributed by atoms with Crippen molar-refractivity contribution in [3.05, 3.63) is 72.6 Å². The summed E-state index contributed by atoms with van der Waals surface area (Å²) < 4.78 is 21.6. The Morgan fingerprint density at radius 2 is 2.03 bits per heavy atom. The third-order valence-corrected chi connectivity index (χ3v) is 5.79. The first-order valence-electron chi connectivity index (χ1n) is 9.58. The van der Waals surface area contributed by atoms with E-state index in [9.17, 15) is 9.18 Å². The molecule has 6 nitrogen and oxygen atoms in total. The van der Waals surface area contributed by atoms with Crippen molar-refractivity contribution in [1.29, 1.82) is 0 Å². The molecule has 0 N–H and O–H groups in total. The van der Waals surface area contributed by atoms with Crippen LogP contribution in [-0.4, -0.2) is 34.1 Å². The minimum Gasteiger partial charge on any atom is -0.494 e. The molecule has 0 radical (unpaired) electrons. The maximum absolute atomic E-state index is 13.2. The van der Waals surface area contributed by atoms with Crippen LogP contribution >= 0.6 is 23.7 Å². The van der Waals surface area contributed by atoms with E-state index in [-0.39, 0.29) is 30.6 Å². The number of hydrogen-bond acceptors (Lipinski definition) is 5. The van der Waals surface area contributed by atoms with Gasteiger partial charge >= 0.3 is 0 Å². The summed E-state index contributed by atoms with van der Waals surface area (Å²) in [5.41, 5.74) is 1.51. The van der Waals surface area contributed by atoms with E-state index in [0.29, 0.717) is 17.4 Å². The third-order valence-electron chi connectivity index (χ3n) is 4.75. The van der Waals surface area contributed by atoms with Crippen molar-refractivity contribution < 1.29 is 13.9 Å². The highest BCUT2D eigenvalue weighted by Gasteiger charge is 2.21. The number of amides is 1. The number of fused-ring (bicyclic) bond motifs is 1. The molecule has 162 valence electrons. The average molecular weight is 461 g/mol. The molecule has 2 aromatic heterocycles. The number of benzene rings is 2. The molecule has 0 unspecified atom stereocenters. The van der Waals surface area contributed by atoms with Crippen LogP contribution in [0.3, 0.4) is 0 Å². The Labute approximate surface area is 189 Å². The lowest BCUT2D eigenvalue weighted by atomic mass is 10.1. The fraction of sp³-hybridized carbons (Fsp3) is 0.227. The number of methoxy groups -OCH3 is 1. The number of ether oxygens (including phenoxy) is 1. The highest BCUT2D eigenvalue weighted by Crippen LogP contribution is 2.34. The fourth-order valence-corrected chi connectivity index (χ4v) is 4.25. The molecule has 0 fully saturated rings. The van der Waals surface area contributed by atoms with Crippen LogP contribution in [0.25, 0.3) is 10.2 Å². The number of anilines is 1. The van der Waals surface area contributed by atoms with Crippen molar-refractivity contribution in [2.75, 3.05) is 18.6 Å². The lowest BCUT2D eigenvalue weighted by molar-refractivity contribution is -0.118. The van der Waals surface area contributed by atoms with Crippen LogP contribution in [-0.2, 0) is 17.8 Å². The summed E-state index contributed by atoms with van der Waals surface area (Å²) in [5.74, 6) is 0.284. The van der Waals surface area contributed by atoms with Crippen molar-refractivity contribution in [1.82, 2.24) is 14.5 Å². The lowest BCUT2D eigenvalue weighted by Crippen LogP contribution is -2.33. The zero-order chi connectivity index (χ0) is 20.9. The number of halogens is 2. The Balaban J connectivity index is 0.00000272. The summed E-state index contributed by atoms with van der Waals surface area (Å²) >= 11 is 1.46. The summed E-state index contributed by atoms with van der Waals surface area (Å²) in [6.45, 7) is 1.26. The molecule has 0 aliphatic rings. The van der Waals surface area contributed by atoms with Crippen LogP contribution in [0.1, 0.15) is 12.0 Å². The molecule has 0 atom stereocenters. The second-order valence-corrected chi connectivity index (χ2v) is 7.82. The quantitative estimate of drug-likeness (QED) is 0.381. The molecular formula is C22H22ClFN4O2S. The van der Waals surface area contributed by atoms with Gasteiger partial charge in [0.1, 0.15) is 17.1 Å². The number of aryl methyl sites for hydroxylation is 1. The molecule has 4 rings (SSSR count). The predicted molar refractivity (Wildman–Crippen MR) is 123 cm³/mol. The predicted octanol–water partition coefficient (Wildman–Crippen LogP) is 4.73. The molecule has 0 saturated heterocycles. The molecule has 2 aromatic carbocycles. The van der Waals surface area contributed by atoms with Crippen molar-refractivity contribution >= 4 is 45.0 Å². The maximum atomic E-state index is 13.2. The number of carbonyl (C=O) groups is 1. The topological polar surface area (TPSA) is 60.2 Å². The standard InChI is InChI=1S/C22H21FN4O2S.ClH/c1-29-18-4-2-5-19-21(18)25-22(30-19)27(12-3-11-26-13-10-24-15-26)20(28)14-16-6-8-17(23)9-7-16;/h2,4-10,13,15H,3,11-12,14H2,1H3;1H. The van der Waals surface area contributed by atoms with E-state index in [2.05, 4.69) is 4.98 Å². The van der Waals surface area contributed by atoms with Gasteiger partial charge in [-0.2, -0.15) is 0 Å². The van der Waals surface area contributed by atoms with Crippen molar-refractivity contribution in [2.24, 2.45) is 0 Å². The van der Waals surface area contributed by atoms with Gasteiger partial charge in [-0.15, -0.1) is 12.4 Å². The van der Waals surface area contributed by atoms with Crippen LogP contribution in [0, 0.1) is 5.82 Å². The van der Waals surface area contributed by atoms with Crippen molar-refractivity contribution in [3.8, 4) is 5.75 Å². The monoisotopic (exact) mass is 460 g/mol. The number of thiazole rings is 1. The molecule has 0 saturated carbocycles. The molecule has 2 heterocycles. The Bertz CT molecular complexity index is 1130. The lowest BCUT2D eigenvalue weighted by Gasteiger charge is -2.20. The van der Waals surface area contributed by atoms with Crippen LogP contribution in [0.4, 0.5) is 9.52 Å². The first-order valence-corrected chi connectivity index (χ1v) is 10.4. The van der Waals surface area contributed by atoms with Gasteiger partial charge in [0.25, 0.3) is 0 Å². The minimum absolute atomic E-state index is 0. The zero-order valence-electron chi connectivity index (χ0n) is 16.9. The van der Waals surface area contributed by atoms with E-state index in [1.54, 1.807) is 36.7 Å². The van der Waals surface area contributed by atoms with Gasteiger partial charge in [0, 0.05) is 25.5 Å². The van der Waals surface area contributed by atoms with Gasteiger partial charge in [0.15, 0.2) is 5.13 Å². The molecular weight excluding hydrogens is 439 g/mol. The number of carbonyl (C=O) groups excluding carboxylic acids is 1. The number of imidazole rings is 1. The molecule has 1 amide bonds. The number of rotatable bonds is 8. The van der Waals surface area contributed by atoms with Crippen LogP contribution in [0.15, 0.2) is 61.2 Å². The van der Waals surface area contributed by atoms with Gasteiger partial charge in [0.05, 0.1) is 24.6 Å². The zero-order valence-corrected chi connectivity index (χ0v) is 18.5. The van der Waals surface area contributed by atoms with Gasteiger partial charge in [-0.05, 0) is 36.2 Å². The largest absolute Gasteiger partial charge is 0.494 e. The summed E-state index contributed by atoms with van der Waals surface area (Å²) in [5, 5.41) is 0.632. The Kier molecular flexibility index (Phi) is 7.59.